The predicted octanol–water partition coefficient (Wildman–Crippen LogP) is 0.522. The summed E-state index contributed by atoms with van der Waals surface area (Å²) in [4.78, 5) is 16.2. The lowest BCUT2D eigenvalue weighted by molar-refractivity contribution is -0.138. The third-order valence-electron chi connectivity index (χ3n) is 3.24. The molecular formula is C12H25N3O. The monoisotopic (exact) mass is 227 g/mol. The van der Waals surface area contributed by atoms with Crippen molar-refractivity contribution in [2.45, 2.75) is 38.8 Å². The molecule has 4 nitrogen and oxygen atoms in total. The Morgan fingerprint density at radius 1 is 1.50 bits per heavy atom. The molecule has 2 atom stereocenters. The van der Waals surface area contributed by atoms with Crippen molar-refractivity contribution >= 4 is 5.91 Å². The van der Waals surface area contributed by atoms with Crippen LogP contribution in [-0.4, -0.2) is 55.0 Å². The van der Waals surface area contributed by atoms with Gasteiger partial charge in [-0.3, -0.25) is 4.79 Å². The maximum absolute atomic E-state index is 12.0. The fourth-order valence-electron chi connectivity index (χ4n) is 2.30. The summed E-state index contributed by atoms with van der Waals surface area (Å²) in [6, 6.07) is 0.00557. The highest BCUT2D eigenvalue weighted by molar-refractivity contribution is 5.82. The number of carbonyl (C=O) groups is 1. The van der Waals surface area contributed by atoms with Gasteiger partial charge in [-0.15, -0.1) is 0 Å². The number of piperidine rings is 1. The molecular weight excluding hydrogens is 202 g/mol. The van der Waals surface area contributed by atoms with Crippen molar-refractivity contribution in [3.05, 3.63) is 0 Å². The van der Waals surface area contributed by atoms with Crippen LogP contribution in [0.2, 0.25) is 0 Å². The summed E-state index contributed by atoms with van der Waals surface area (Å²) in [5, 5.41) is 0. The van der Waals surface area contributed by atoms with E-state index in [0.29, 0.717) is 5.92 Å². The molecule has 2 unspecified atom stereocenters. The topological polar surface area (TPSA) is 49.6 Å². The van der Waals surface area contributed by atoms with Gasteiger partial charge in [0.25, 0.3) is 0 Å². The van der Waals surface area contributed by atoms with Gasteiger partial charge < -0.3 is 15.5 Å². The molecule has 0 aromatic heterocycles. The Labute approximate surface area is 98.8 Å². The third kappa shape index (κ3) is 3.19. The highest BCUT2D eigenvalue weighted by Gasteiger charge is 2.32. The second kappa shape index (κ2) is 5.64. The Bertz CT molecular complexity index is 240. The first-order valence-corrected chi connectivity index (χ1v) is 6.14. The van der Waals surface area contributed by atoms with Gasteiger partial charge >= 0.3 is 0 Å². The van der Waals surface area contributed by atoms with Gasteiger partial charge in [0.2, 0.25) is 5.91 Å². The minimum absolute atomic E-state index is 0.131. The summed E-state index contributed by atoms with van der Waals surface area (Å²) in [7, 11) is 4.09. The fraction of sp³-hybridized carbons (Fsp3) is 0.917. The number of likely N-dealkylation sites (tertiary alicyclic amines) is 1. The zero-order valence-electron chi connectivity index (χ0n) is 10.9. The van der Waals surface area contributed by atoms with Crippen LogP contribution in [0.4, 0.5) is 0 Å². The third-order valence-corrected chi connectivity index (χ3v) is 3.24. The Kier molecular flexibility index (Phi) is 4.74. The van der Waals surface area contributed by atoms with E-state index in [0.717, 1.165) is 25.9 Å². The van der Waals surface area contributed by atoms with Gasteiger partial charge in [0.15, 0.2) is 0 Å². The molecule has 1 saturated heterocycles. The van der Waals surface area contributed by atoms with Crippen LogP contribution in [0.3, 0.4) is 0 Å². The second-order valence-electron chi connectivity index (χ2n) is 5.35. The lowest BCUT2D eigenvalue weighted by atomic mass is 9.97. The highest BCUT2D eigenvalue weighted by atomic mass is 16.2. The average molecular weight is 227 g/mol. The van der Waals surface area contributed by atoms with Gasteiger partial charge in [-0.2, -0.15) is 0 Å². The molecule has 0 bridgehead atoms. The van der Waals surface area contributed by atoms with Crippen molar-refractivity contribution in [3.63, 3.8) is 0 Å². The van der Waals surface area contributed by atoms with E-state index in [4.69, 9.17) is 5.73 Å². The van der Waals surface area contributed by atoms with E-state index >= 15 is 0 Å². The Morgan fingerprint density at radius 2 is 2.12 bits per heavy atom. The quantitative estimate of drug-likeness (QED) is 0.762. The molecule has 0 spiro atoms. The molecule has 1 aliphatic rings. The fourth-order valence-corrected chi connectivity index (χ4v) is 2.30. The molecule has 1 amide bonds. The molecule has 0 aliphatic carbocycles. The molecule has 4 heteroatoms. The molecule has 0 aromatic carbocycles. The van der Waals surface area contributed by atoms with Gasteiger partial charge in [-0.1, -0.05) is 13.8 Å². The Morgan fingerprint density at radius 3 is 2.62 bits per heavy atom. The summed E-state index contributed by atoms with van der Waals surface area (Å²) < 4.78 is 0. The molecule has 1 aliphatic heterocycles. The number of nitrogens with zero attached hydrogens (tertiary/aromatic N) is 2. The van der Waals surface area contributed by atoms with Crippen LogP contribution in [0.5, 0.6) is 0 Å². The standard InChI is InChI=1S/C12H25N3O/c1-9(2)11(8-14(3)4)15-7-5-6-10(13)12(15)16/h9-11H,5-8,13H2,1-4H3. The first-order valence-electron chi connectivity index (χ1n) is 6.14. The van der Waals surface area contributed by atoms with Gasteiger partial charge in [0, 0.05) is 19.1 Å². The number of likely N-dealkylation sites (N-methyl/N-ethyl adjacent to an activating group) is 1. The van der Waals surface area contributed by atoms with Crippen molar-refractivity contribution < 1.29 is 4.79 Å². The van der Waals surface area contributed by atoms with E-state index in [1.807, 2.05) is 19.0 Å². The van der Waals surface area contributed by atoms with Crippen LogP contribution in [-0.2, 0) is 4.79 Å². The molecule has 0 saturated carbocycles. The van der Waals surface area contributed by atoms with Crippen LogP contribution in [0.25, 0.3) is 0 Å². The lowest BCUT2D eigenvalue weighted by Gasteiger charge is -2.40. The number of carbonyl (C=O) groups excluding carboxylic acids is 1. The van der Waals surface area contributed by atoms with E-state index in [1.54, 1.807) is 0 Å². The lowest BCUT2D eigenvalue weighted by Crippen LogP contribution is -2.56. The smallest absolute Gasteiger partial charge is 0.239 e. The molecule has 16 heavy (non-hydrogen) atoms. The predicted molar refractivity (Wildman–Crippen MR) is 66.1 cm³/mol. The summed E-state index contributed by atoms with van der Waals surface area (Å²) in [5.74, 6) is 0.600. The second-order valence-corrected chi connectivity index (χ2v) is 5.35. The zero-order chi connectivity index (χ0) is 12.3. The maximum atomic E-state index is 12.0. The normalized spacial score (nSPS) is 24.3. The van der Waals surface area contributed by atoms with Crippen LogP contribution in [0.15, 0.2) is 0 Å². The molecule has 94 valence electrons. The molecule has 0 radical (unpaired) electrons. The van der Waals surface area contributed by atoms with Gasteiger partial charge in [0.05, 0.1) is 6.04 Å². The molecule has 1 rings (SSSR count). The van der Waals surface area contributed by atoms with Crippen molar-refractivity contribution in [2.24, 2.45) is 11.7 Å². The Hall–Kier alpha value is -0.610. The van der Waals surface area contributed by atoms with Gasteiger partial charge in [0.1, 0.15) is 0 Å². The SMILES string of the molecule is CC(C)C(CN(C)C)N1CCCC(N)C1=O. The number of rotatable bonds is 4. The van der Waals surface area contributed by atoms with Crippen molar-refractivity contribution in [3.8, 4) is 0 Å². The zero-order valence-corrected chi connectivity index (χ0v) is 10.9. The number of hydrogen-bond donors (Lipinski definition) is 1. The summed E-state index contributed by atoms with van der Waals surface area (Å²) in [6.45, 7) is 6.11. The minimum Gasteiger partial charge on any atom is -0.337 e. The highest BCUT2D eigenvalue weighted by Crippen LogP contribution is 2.18. The van der Waals surface area contributed by atoms with E-state index in [-0.39, 0.29) is 18.0 Å². The largest absolute Gasteiger partial charge is 0.337 e. The van der Waals surface area contributed by atoms with E-state index in [1.165, 1.54) is 0 Å². The molecule has 1 heterocycles. The number of hydrogen-bond acceptors (Lipinski definition) is 3. The summed E-state index contributed by atoms with van der Waals surface area (Å²) >= 11 is 0. The van der Waals surface area contributed by atoms with E-state index in [9.17, 15) is 4.79 Å². The number of nitrogens with two attached hydrogens (primary N) is 1. The Balaban J connectivity index is 2.72. The molecule has 0 aromatic rings. The minimum atomic E-state index is -0.280. The molecule has 2 N–H and O–H groups in total. The summed E-state index contributed by atoms with van der Waals surface area (Å²) in [5.41, 5.74) is 5.83. The van der Waals surface area contributed by atoms with Crippen LogP contribution in [0.1, 0.15) is 26.7 Å². The maximum Gasteiger partial charge on any atom is 0.239 e. The first-order chi connectivity index (χ1) is 7.43. The van der Waals surface area contributed by atoms with E-state index < -0.39 is 0 Å². The van der Waals surface area contributed by atoms with Crippen LogP contribution < -0.4 is 5.73 Å². The number of amides is 1. The van der Waals surface area contributed by atoms with Crippen LogP contribution >= 0.6 is 0 Å². The van der Waals surface area contributed by atoms with Crippen molar-refractivity contribution in [2.75, 3.05) is 27.2 Å². The average Bonchev–Trinajstić information content (AvgIpc) is 2.18. The van der Waals surface area contributed by atoms with Crippen molar-refractivity contribution in [1.82, 2.24) is 9.80 Å². The summed E-state index contributed by atoms with van der Waals surface area (Å²) in [6.07, 6.45) is 1.87. The van der Waals surface area contributed by atoms with Crippen molar-refractivity contribution in [1.29, 1.82) is 0 Å². The molecule has 1 fully saturated rings. The first kappa shape index (κ1) is 13.5. The van der Waals surface area contributed by atoms with Gasteiger partial charge in [-0.05, 0) is 32.9 Å². The van der Waals surface area contributed by atoms with Crippen LogP contribution in [0, 0.1) is 5.92 Å². The van der Waals surface area contributed by atoms with Gasteiger partial charge in [-0.25, -0.2) is 0 Å². The van der Waals surface area contributed by atoms with E-state index in [2.05, 4.69) is 18.7 Å².